The van der Waals surface area contributed by atoms with Gasteiger partial charge in [-0.25, -0.2) is 4.39 Å². The highest BCUT2D eigenvalue weighted by Gasteiger charge is 2.31. The Balaban J connectivity index is 2.05. The third-order valence-electron chi connectivity index (χ3n) is 3.55. The van der Waals surface area contributed by atoms with Gasteiger partial charge in [-0.2, -0.15) is 13.2 Å². The summed E-state index contributed by atoms with van der Waals surface area (Å²) in [6, 6.07) is 2.76. The SMILES string of the molecule is CNCC1CCN(Cc2cc(F)cc(C(F)(F)F)c2)C1. The summed E-state index contributed by atoms with van der Waals surface area (Å²) in [7, 11) is 1.88. The Hall–Kier alpha value is -1.14. The molecule has 1 atom stereocenters. The number of likely N-dealkylation sites (tertiary alicyclic amines) is 1. The Morgan fingerprint density at radius 3 is 2.70 bits per heavy atom. The molecule has 1 aliphatic rings. The van der Waals surface area contributed by atoms with Gasteiger partial charge in [0.15, 0.2) is 0 Å². The van der Waals surface area contributed by atoms with Gasteiger partial charge in [0, 0.05) is 13.1 Å². The number of nitrogens with one attached hydrogen (secondary N) is 1. The van der Waals surface area contributed by atoms with Gasteiger partial charge in [0.25, 0.3) is 0 Å². The molecule has 6 heteroatoms. The molecule has 1 fully saturated rings. The predicted molar refractivity (Wildman–Crippen MR) is 68.7 cm³/mol. The van der Waals surface area contributed by atoms with Gasteiger partial charge in [-0.1, -0.05) is 0 Å². The second kappa shape index (κ2) is 6.10. The monoisotopic (exact) mass is 290 g/mol. The molecule has 2 nitrogen and oxygen atoms in total. The first-order valence-corrected chi connectivity index (χ1v) is 6.62. The molecule has 0 aliphatic carbocycles. The van der Waals surface area contributed by atoms with Crippen molar-refractivity contribution in [2.45, 2.75) is 19.1 Å². The first kappa shape index (κ1) is 15.3. The fourth-order valence-corrected chi connectivity index (χ4v) is 2.68. The first-order valence-electron chi connectivity index (χ1n) is 6.62. The molecule has 1 N–H and O–H groups in total. The fraction of sp³-hybridized carbons (Fsp3) is 0.571. The highest BCUT2D eigenvalue weighted by molar-refractivity contribution is 5.26. The fourth-order valence-electron chi connectivity index (χ4n) is 2.68. The summed E-state index contributed by atoms with van der Waals surface area (Å²) in [6.45, 7) is 2.93. The Morgan fingerprint density at radius 1 is 1.30 bits per heavy atom. The second-order valence-electron chi connectivity index (χ2n) is 5.29. The minimum Gasteiger partial charge on any atom is -0.319 e. The molecular formula is C14H18F4N2. The molecule has 0 aromatic heterocycles. The first-order chi connectivity index (χ1) is 9.38. The van der Waals surface area contributed by atoms with Crippen molar-refractivity contribution in [3.63, 3.8) is 0 Å². The smallest absolute Gasteiger partial charge is 0.319 e. The molecule has 1 heterocycles. The van der Waals surface area contributed by atoms with Crippen molar-refractivity contribution in [1.29, 1.82) is 0 Å². The molecule has 1 aliphatic heterocycles. The van der Waals surface area contributed by atoms with E-state index in [4.69, 9.17) is 0 Å². The third kappa shape index (κ3) is 3.93. The van der Waals surface area contributed by atoms with Crippen LogP contribution in [0.2, 0.25) is 0 Å². The standard InChI is InChI=1S/C14H18F4N2/c1-19-7-10-2-3-20(8-10)9-11-4-12(14(16,17)18)6-13(15)5-11/h4-6,10,19H,2-3,7-9H2,1H3. The largest absolute Gasteiger partial charge is 0.416 e. The van der Waals surface area contributed by atoms with E-state index in [1.54, 1.807) is 0 Å². The van der Waals surface area contributed by atoms with E-state index < -0.39 is 17.6 Å². The van der Waals surface area contributed by atoms with Crippen LogP contribution < -0.4 is 5.32 Å². The van der Waals surface area contributed by atoms with Crippen molar-refractivity contribution in [1.82, 2.24) is 10.2 Å². The maximum Gasteiger partial charge on any atom is 0.416 e. The lowest BCUT2D eigenvalue weighted by molar-refractivity contribution is -0.137. The lowest BCUT2D eigenvalue weighted by atomic mass is 10.1. The predicted octanol–water partition coefficient (Wildman–Crippen LogP) is 2.89. The summed E-state index contributed by atoms with van der Waals surface area (Å²) in [4.78, 5) is 2.07. The lowest BCUT2D eigenvalue weighted by Crippen LogP contribution is -2.24. The molecule has 1 aromatic rings. The van der Waals surface area contributed by atoms with Crippen molar-refractivity contribution in [3.8, 4) is 0 Å². The van der Waals surface area contributed by atoms with E-state index in [1.165, 1.54) is 6.07 Å². The zero-order valence-electron chi connectivity index (χ0n) is 11.3. The number of halogens is 4. The Bertz CT molecular complexity index is 459. The molecule has 0 amide bonds. The molecule has 2 rings (SSSR count). The maximum atomic E-state index is 13.3. The van der Waals surface area contributed by atoms with Crippen LogP contribution in [0, 0.1) is 11.7 Å². The van der Waals surface area contributed by atoms with Crippen molar-refractivity contribution in [2.75, 3.05) is 26.7 Å². The summed E-state index contributed by atoms with van der Waals surface area (Å²) in [6.07, 6.45) is -3.49. The molecular weight excluding hydrogens is 272 g/mol. The van der Waals surface area contributed by atoms with E-state index in [0.29, 0.717) is 24.1 Å². The molecule has 112 valence electrons. The van der Waals surface area contributed by atoms with Crippen LogP contribution in [-0.4, -0.2) is 31.6 Å². The highest BCUT2D eigenvalue weighted by Crippen LogP contribution is 2.31. The number of nitrogens with zero attached hydrogens (tertiary/aromatic N) is 1. The van der Waals surface area contributed by atoms with Crippen LogP contribution in [0.25, 0.3) is 0 Å². The van der Waals surface area contributed by atoms with Gasteiger partial charge in [0.1, 0.15) is 5.82 Å². The van der Waals surface area contributed by atoms with Gasteiger partial charge in [-0.3, -0.25) is 4.90 Å². The van der Waals surface area contributed by atoms with Gasteiger partial charge >= 0.3 is 6.18 Å². The average molecular weight is 290 g/mol. The lowest BCUT2D eigenvalue weighted by Gasteiger charge is -2.17. The van der Waals surface area contributed by atoms with Crippen molar-refractivity contribution in [2.24, 2.45) is 5.92 Å². The van der Waals surface area contributed by atoms with E-state index in [2.05, 4.69) is 10.2 Å². The van der Waals surface area contributed by atoms with E-state index in [1.807, 2.05) is 7.05 Å². The normalized spacial score (nSPS) is 20.6. The highest BCUT2D eigenvalue weighted by atomic mass is 19.4. The molecule has 1 unspecified atom stereocenters. The van der Waals surface area contributed by atoms with E-state index >= 15 is 0 Å². The average Bonchev–Trinajstić information content (AvgIpc) is 2.75. The summed E-state index contributed by atoms with van der Waals surface area (Å²) >= 11 is 0. The minimum absolute atomic E-state index is 0.362. The Labute approximate surface area is 115 Å². The van der Waals surface area contributed by atoms with Crippen molar-refractivity contribution < 1.29 is 17.6 Å². The van der Waals surface area contributed by atoms with Gasteiger partial charge in [0.2, 0.25) is 0 Å². The van der Waals surface area contributed by atoms with E-state index in [9.17, 15) is 17.6 Å². The van der Waals surface area contributed by atoms with Gasteiger partial charge in [-0.05, 0) is 56.2 Å². The van der Waals surface area contributed by atoms with Crippen molar-refractivity contribution >= 4 is 0 Å². The van der Waals surface area contributed by atoms with Crippen molar-refractivity contribution in [3.05, 3.63) is 35.1 Å². The summed E-state index contributed by atoms with van der Waals surface area (Å²) in [5, 5.41) is 3.10. The maximum absolute atomic E-state index is 13.3. The minimum atomic E-state index is -4.50. The molecule has 0 spiro atoms. The number of benzene rings is 1. The summed E-state index contributed by atoms with van der Waals surface area (Å²) in [5.74, 6) is -0.323. The second-order valence-corrected chi connectivity index (χ2v) is 5.29. The topological polar surface area (TPSA) is 15.3 Å². The van der Waals surface area contributed by atoms with E-state index in [-0.39, 0.29) is 0 Å². The number of rotatable bonds is 4. The van der Waals surface area contributed by atoms with Gasteiger partial charge < -0.3 is 5.32 Å². The number of hydrogen-bond donors (Lipinski definition) is 1. The molecule has 0 bridgehead atoms. The third-order valence-corrected chi connectivity index (χ3v) is 3.55. The molecule has 0 saturated carbocycles. The zero-order chi connectivity index (χ0) is 14.8. The molecule has 0 radical (unpaired) electrons. The van der Waals surface area contributed by atoms with Crippen LogP contribution in [0.5, 0.6) is 0 Å². The number of hydrogen-bond acceptors (Lipinski definition) is 2. The van der Waals surface area contributed by atoms with E-state index in [0.717, 1.165) is 32.1 Å². The van der Waals surface area contributed by atoms with Gasteiger partial charge in [-0.15, -0.1) is 0 Å². The molecule has 1 aromatic carbocycles. The van der Waals surface area contributed by atoms with Crippen LogP contribution in [-0.2, 0) is 12.7 Å². The summed E-state index contributed by atoms with van der Waals surface area (Å²) in [5.41, 5.74) is -0.541. The van der Waals surface area contributed by atoms with Crippen LogP contribution in [0.15, 0.2) is 18.2 Å². The van der Waals surface area contributed by atoms with Crippen LogP contribution >= 0.6 is 0 Å². The summed E-state index contributed by atoms with van der Waals surface area (Å²) < 4.78 is 51.2. The van der Waals surface area contributed by atoms with Crippen LogP contribution in [0.1, 0.15) is 17.5 Å². The molecule has 1 saturated heterocycles. The quantitative estimate of drug-likeness (QED) is 0.858. The van der Waals surface area contributed by atoms with Crippen LogP contribution in [0.3, 0.4) is 0 Å². The number of alkyl halides is 3. The molecule has 20 heavy (non-hydrogen) atoms. The van der Waals surface area contributed by atoms with Gasteiger partial charge in [0.05, 0.1) is 5.56 Å². The Kier molecular flexibility index (Phi) is 4.65. The zero-order valence-corrected chi connectivity index (χ0v) is 11.3. The van der Waals surface area contributed by atoms with Crippen LogP contribution in [0.4, 0.5) is 17.6 Å². The Morgan fingerprint density at radius 2 is 2.05 bits per heavy atom.